The third kappa shape index (κ3) is 3.46. The fraction of sp³-hybridized carbons (Fsp3) is 1.00. The lowest BCUT2D eigenvalue weighted by atomic mass is 9.48. The molecule has 0 amide bonds. The van der Waals surface area contributed by atoms with Gasteiger partial charge in [0, 0.05) is 12.6 Å². The highest BCUT2D eigenvalue weighted by molar-refractivity contribution is 5.05. The van der Waals surface area contributed by atoms with Gasteiger partial charge in [0.05, 0.1) is 19.8 Å². The van der Waals surface area contributed by atoms with Gasteiger partial charge >= 0.3 is 0 Å². The standard InChI is InChI=1S/C18H33NO2/c1-3-4-20-5-6-21-13-17(19-2)18-10-14-7-15(11-18)9-16(8-14)12-18/h14-17,19H,3-13H2,1-2H3. The van der Waals surface area contributed by atoms with E-state index in [4.69, 9.17) is 9.47 Å². The van der Waals surface area contributed by atoms with Gasteiger partial charge in [-0.25, -0.2) is 0 Å². The maximum Gasteiger partial charge on any atom is 0.0701 e. The predicted molar refractivity (Wildman–Crippen MR) is 85.4 cm³/mol. The Morgan fingerprint density at radius 3 is 2.05 bits per heavy atom. The summed E-state index contributed by atoms with van der Waals surface area (Å²) in [5, 5.41) is 3.60. The monoisotopic (exact) mass is 295 g/mol. The summed E-state index contributed by atoms with van der Waals surface area (Å²) in [5.41, 5.74) is 0.535. The summed E-state index contributed by atoms with van der Waals surface area (Å²) in [6, 6.07) is 0.539. The van der Waals surface area contributed by atoms with E-state index < -0.39 is 0 Å². The van der Waals surface area contributed by atoms with Gasteiger partial charge in [-0.05, 0) is 75.2 Å². The number of hydrogen-bond donors (Lipinski definition) is 1. The third-order valence-corrected chi connectivity index (χ3v) is 6.18. The average molecular weight is 295 g/mol. The van der Waals surface area contributed by atoms with Gasteiger partial charge in [-0.2, -0.15) is 0 Å². The molecule has 0 spiro atoms. The van der Waals surface area contributed by atoms with Crippen molar-refractivity contribution in [2.75, 3.05) is 33.5 Å². The normalized spacial score (nSPS) is 38.9. The molecule has 21 heavy (non-hydrogen) atoms. The van der Waals surface area contributed by atoms with Gasteiger partial charge in [-0.3, -0.25) is 0 Å². The second-order valence-electron chi connectivity index (χ2n) is 7.81. The number of nitrogens with one attached hydrogen (secondary N) is 1. The molecule has 3 nitrogen and oxygen atoms in total. The fourth-order valence-corrected chi connectivity index (χ4v) is 5.74. The van der Waals surface area contributed by atoms with Crippen LogP contribution in [-0.4, -0.2) is 39.5 Å². The molecule has 0 saturated heterocycles. The molecule has 4 saturated carbocycles. The first kappa shape index (κ1) is 15.8. The number of ether oxygens (including phenoxy) is 2. The van der Waals surface area contributed by atoms with Crippen LogP contribution in [0.25, 0.3) is 0 Å². The van der Waals surface area contributed by atoms with Crippen LogP contribution in [0.5, 0.6) is 0 Å². The molecular weight excluding hydrogens is 262 g/mol. The Hall–Kier alpha value is -0.120. The van der Waals surface area contributed by atoms with E-state index in [1.54, 1.807) is 0 Å². The summed E-state index contributed by atoms with van der Waals surface area (Å²) in [6.07, 6.45) is 9.97. The van der Waals surface area contributed by atoms with Gasteiger partial charge < -0.3 is 14.8 Å². The smallest absolute Gasteiger partial charge is 0.0701 e. The molecule has 0 aliphatic heterocycles. The van der Waals surface area contributed by atoms with Crippen molar-refractivity contribution in [3.63, 3.8) is 0 Å². The van der Waals surface area contributed by atoms with Gasteiger partial charge in [0.2, 0.25) is 0 Å². The van der Waals surface area contributed by atoms with Gasteiger partial charge in [0.25, 0.3) is 0 Å². The summed E-state index contributed by atoms with van der Waals surface area (Å²) in [7, 11) is 2.13. The largest absolute Gasteiger partial charge is 0.379 e. The van der Waals surface area contributed by atoms with Gasteiger partial charge in [0.1, 0.15) is 0 Å². The lowest BCUT2D eigenvalue weighted by Crippen LogP contribution is -2.56. The Balaban J connectivity index is 1.49. The first-order valence-corrected chi connectivity index (χ1v) is 9.08. The van der Waals surface area contributed by atoms with Gasteiger partial charge in [-0.1, -0.05) is 6.92 Å². The van der Waals surface area contributed by atoms with E-state index >= 15 is 0 Å². The van der Waals surface area contributed by atoms with Crippen molar-refractivity contribution >= 4 is 0 Å². The lowest BCUT2D eigenvalue weighted by molar-refractivity contribution is -0.0895. The molecule has 1 N–H and O–H groups in total. The molecule has 1 unspecified atom stereocenters. The molecular formula is C18H33NO2. The Morgan fingerprint density at radius 2 is 1.52 bits per heavy atom. The highest BCUT2D eigenvalue weighted by atomic mass is 16.5. The Bertz CT molecular complexity index is 296. The van der Waals surface area contributed by atoms with E-state index in [1.807, 2.05) is 0 Å². The minimum atomic E-state index is 0.535. The second kappa shape index (κ2) is 6.97. The van der Waals surface area contributed by atoms with Crippen LogP contribution in [0.15, 0.2) is 0 Å². The van der Waals surface area contributed by atoms with Crippen molar-refractivity contribution in [1.29, 1.82) is 0 Å². The maximum absolute atomic E-state index is 5.94. The van der Waals surface area contributed by atoms with Crippen LogP contribution in [0.1, 0.15) is 51.9 Å². The average Bonchev–Trinajstić information content (AvgIpc) is 2.45. The van der Waals surface area contributed by atoms with Crippen LogP contribution in [0, 0.1) is 23.2 Å². The van der Waals surface area contributed by atoms with Gasteiger partial charge in [-0.15, -0.1) is 0 Å². The van der Waals surface area contributed by atoms with E-state index in [0.717, 1.165) is 50.6 Å². The summed E-state index contributed by atoms with van der Waals surface area (Å²) >= 11 is 0. The quantitative estimate of drug-likeness (QED) is 0.662. The zero-order chi connectivity index (χ0) is 14.7. The zero-order valence-electron chi connectivity index (χ0n) is 13.9. The molecule has 0 aromatic rings. The van der Waals surface area contributed by atoms with Crippen LogP contribution in [0.3, 0.4) is 0 Å². The van der Waals surface area contributed by atoms with E-state index in [1.165, 1.54) is 38.5 Å². The first-order chi connectivity index (χ1) is 10.3. The van der Waals surface area contributed by atoms with Crippen LogP contribution >= 0.6 is 0 Å². The SMILES string of the molecule is CCCOCCOCC(NC)C12CC3CC(CC(C3)C1)C2. The molecule has 4 rings (SSSR count). The summed E-state index contributed by atoms with van der Waals surface area (Å²) < 4.78 is 11.4. The molecule has 0 aromatic heterocycles. The highest BCUT2D eigenvalue weighted by Crippen LogP contribution is 2.61. The minimum absolute atomic E-state index is 0.535. The first-order valence-electron chi connectivity index (χ1n) is 9.08. The molecule has 0 aromatic carbocycles. The van der Waals surface area contributed by atoms with Crippen LogP contribution in [-0.2, 0) is 9.47 Å². The Labute approximate surface area is 130 Å². The highest BCUT2D eigenvalue weighted by Gasteiger charge is 2.53. The third-order valence-electron chi connectivity index (χ3n) is 6.18. The molecule has 4 aliphatic carbocycles. The summed E-state index contributed by atoms with van der Waals surface area (Å²) in [4.78, 5) is 0. The molecule has 0 heterocycles. The minimum Gasteiger partial charge on any atom is -0.379 e. The summed E-state index contributed by atoms with van der Waals surface area (Å²) in [5.74, 6) is 3.04. The molecule has 1 atom stereocenters. The molecule has 122 valence electrons. The molecule has 4 fully saturated rings. The summed E-state index contributed by atoms with van der Waals surface area (Å²) in [6.45, 7) is 5.34. The van der Waals surface area contributed by atoms with Crippen molar-refractivity contribution < 1.29 is 9.47 Å². The van der Waals surface area contributed by atoms with E-state index in [9.17, 15) is 0 Å². The van der Waals surface area contributed by atoms with Crippen molar-refractivity contribution in [3.05, 3.63) is 0 Å². The van der Waals surface area contributed by atoms with Crippen molar-refractivity contribution in [2.45, 2.75) is 57.9 Å². The van der Waals surface area contributed by atoms with E-state index in [2.05, 4.69) is 19.3 Å². The number of rotatable bonds is 9. The fourth-order valence-electron chi connectivity index (χ4n) is 5.74. The molecule has 4 aliphatic rings. The molecule has 0 radical (unpaired) electrons. The van der Waals surface area contributed by atoms with E-state index in [-0.39, 0.29) is 0 Å². The molecule has 3 heteroatoms. The van der Waals surface area contributed by atoms with E-state index in [0.29, 0.717) is 11.5 Å². The Kier molecular flexibility index (Phi) is 5.23. The zero-order valence-corrected chi connectivity index (χ0v) is 13.9. The van der Waals surface area contributed by atoms with Crippen LogP contribution in [0.2, 0.25) is 0 Å². The predicted octanol–water partition coefficient (Wildman–Crippen LogP) is 3.23. The number of likely N-dealkylation sites (N-methyl/N-ethyl adjacent to an activating group) is 1. The van der Waals surface area contributed by atoms with Crippen LogP contribution in [0.4, 0.5) is 0 Å². The molecule has 4 bridgehead atoms. The van der Waals surface area contributed by atoms with Crippen molar-refractivity contribution in [1.82, 2.24) is 5.32 Å². The number of hydrogen-bond acceptors (Lipinski definition) is 3. The van der Waals surface area contributed by atoms with Crippen molar-refractivity contribution in [2.24, 2.45) is 23.2 Å². The lowest BCUT2D eigenvalue weighted by Gasteiger charge is -2.59. The van der Waals surface area contributed by atoms with Crippen molar-refractivity contribution in [3.8, 4) is 0 Å². The van der Waals surface area contributed by atoms with Gasteiger partial charge in [0.15, 0.2) is 0 Å². The maximum atomic E-state index is 5.94. The topological polar surface area (TPSA) is 30.5 Å². The Morgan fingerprint density at radius 1 is 0.952 bits per heavy atom. The van der Waals surface area contributed by atoms with Crippen LogP contribution < -0.4 is 5.32 Å². The second-order valence-corrected chi connectivity index (χ2v) is 7.81.